The first kappa shape index (κ1) is 21.0. The minimum Gasteiger partial charge on any atom is -0.334 e. The molecule has 0 aliphatic heterocycles. The first-order chi connectivity index (χ1) is 16.6. The number of aryl methyl sites for hydroxylation is 1. The van der Waals surface area contributed by atoms with Crippen LogP contribution in [0.2, 0.25) is 0 Å². The van der Waals surface area contributed by atoms with Gasteiger partial charge in [-0.2, -0.15) is 0 Å². The van der Waals surface area contributed by atoms with Crippen LogP contribution in [0, 0.1) is 17.0 Å². The van der Waals surface area contributed by atoms with Gasteiger partial charge in [0.15, 0.2) is 0 Å². The second-order valence-corrected chi connectivity index (χ2v) is 7.52. The van der Waals surface area contributed by atoms with Gasteiger partial charge in [0, 0.05) is 41.6 Å². The molecule has 0 unspecified atom stereocenters. The van der Waals surface area contributed by atoms with Crippen LogP contribution in [0.3, 0.4) is 0 Å². The van der Waals surface area contributed by atoms with Crippen molar-refractivity contribution in [3.63, 3.8) is 0 Å². The number of hydrogen-bond donors (Lipinski definition) is 1. The summed E-state index contributed by atoms with van der Waals surface area (Å²) in [5, 5.41) is 14.3. The summed E-state index contributed by atoms with van der Waals surface area (Å²) < 4.78 is 1.97. The van der Waals surface area contributed by atoms with Gasteiger partial charge in [0.2, 0.25) is 5.82 Å². The van der Waals surface area contributed by atoms with Gasteiger partial charge in [-0.1, -0.05) is 6.07 Å². The van der Waals surface area contributed by atoms with Gasteiger partial charge in [-0.15, -0.1) is 0 Å². The number of pyridine rings is 3. The molecule has 0 aliphatic carbocycles. The van der Waals surface area contributed by atoms with Crippen molar-refractivity contribution in [1.82, 2.24) is 24.5 Å². The molecule has 0 spiro atoms. The van der Waals surface area contributed by atoms with Crippen LogP contribution in [-0.4, -0.2) is 29.4 Å². The van der Waals surface area contributed by atoms with Crippen molar-refractivity contribution >= 4 is 17.2 Å². The quantitative estimate of drug-likeness (QED) is 0.275. The molecule has 34 heavy (non-hydrogen) atoms. The SMILES string of the molecule is Cc1ccc(-n2cc(-c3ccccn3)nc2-c2ccc(Nc3ncccc3[N+](=O)[O-])cc2)cn1. The van der Waals surface area contributed by atoms with Crippen LogP contribution in [0.15, 0.2) is 91.5 Å². The topological polar surface area (TPSA) is 112 Å². The van der Waals surface area contributed by atoms with Gasteiger partial charge >= 0.3 is 5.69 Å². The number of nitrogens with zero attached hydrogens (tertiary/aromatic N) is 6. The van der Waals surface area contributed by atoms with E-state index in [1.807, 2.05) is 72.3 Å². The second-order valence-electron chi connectivity index (χ2n) is 7.52. The number of hydrogen-bond acceptors (Lipinski definition) is 7. The maximum atomic E-state index is 11.3. The normalized spacial score (nSPS) is 10.7. The molecule has 0 atom stereocenters. The standard InChI is InChI=1S/C25H19N7O2/c1-17-7-12-20(15-28-17)31-16-22(21-5-2-3-13-26-21)30-25(31)18-8-10-19(11-9-18)29-24-23(32(33)34)6-4-14-27-24/h2-16H,1H3,(H,27,29). The van der Waals surface area contributed by atoms with Crippen molar-refractivity contribution in [2.45, 2.75) is 6.92 Å². The van der Waals surface area contributed by atoms with Crippen LogP contribution >= 0.6 is 0 Å². The highest BCUT2D eigenvalue weighted by Crippen LogP contribution is 2.29. The van der Waals surface area contributed by atoms with Crippen molar-refractivity contribution in [1.29, 1.82) is 0 Å². The van der Waals surface area contributed by atoms with Crippen molar-refractivity contribution < 1.29 is 4.92 Å². The lowest BCUT2D eigenvalue weighted by molar-refractivity contribution is -0.384. The monoisotopic (exact) mass is 449 g/mol. The van der Waals surface area contributed by atoms with Crippen LogP contribution in [0.4, 0.5) is 17.2 Å². The Morgan fingerprint density at radius 2 is 1.71 bits per heavy atom. The van der Waals surface area contributed by atoms with Gasteiger partial charge in [-0.05, 0) is 61.5 Å². The zero-order valence-electron chi connectivity index (χ0n) is 18.2. The lowest BCUT2D eigenvalue weighted by Gasteiger charge is -2.09. The smallest absolute Gasteiger partial charge is 0.311 e. The van der Waals surface area contributed by atoms with Gasteiger partial charge in [-0.25, -0.2) is 9.97 Å². The molecule has 5 aromatic rings. The molecule has 0 bridgehead atoms. The summed E-state index contributed by atoms with van der Waals surface area (Å²) in [4.78, 5) is 28.6. The molecule has 5 rings (SSSR count). The highest BCUT2D eigenvalue weighted by Gasteiger charge is 2.16. The first-order valence-electron chi connectivity index (χ1n) is 10.5. The Hall–Kier alpha value is -4.92. The minimum absolute atomic E-state index is 0.0889. The maximum absolute atomic E-state index is 11.3. The number of nitrogens with one attached hydrogen (secondary N) is 1. The van der Waals surface area contributed by atoms with E-state index in [0.717, 1.165) is 34.2 Å². The third-order valence-electron chi connectivity index (χ3n) is 5.20. The Labute approximate surface area is 195 Å². The van der Waals surface area contributed by atoms with E-state index in [1.165, 1.54) is 18.3 Å². The number of rotatable bonds is 6. The van der Waals surface area contributed by atoms with Crippen LogP contribution in [0.1, 0.15) is 5.69 Å². The average Bonchev–Trinajstić information content (AvgIpc) is 3.31. The number of imidazole rings is 1. The lowest BCUT2D eigenvalue weighted by atomic mass is 10.2. The number of nitro groups is 1. The molecule has 9 heteroatoms. The Balaban J connectivity index is 1.52. The number of aromatic nitrogens is 5. The van der Waals surface area contributed by atoms with E-state index in [9.17, 15) is 10.1 Å². The van der Waals surface area contributed by atoms with Gasteiger partial charge in [0.1, 0.15) is 11.5 Å². The molecule has 4 heterocycles. The summed E-state index contributed by atoms with van der Waals surface area (Å²) in [5.41, 5.74) is 4.75. The molecule has 0 amide bonds. The summed E-state index contributed by atoms with van der Waals surface area (Å²) in [6, 6.07) is 20.1. The molecule has 0 radical (unpaired) electrons. The fraction of sp³-hybridized carbons (Fsp3) is 0.0400. The van der Waals surface area contributed by atoms with E-state index in [4.69, 9.17) is 4.98 Å². The number of anilines is 2. The molecule has 0 saturated carbocycles. The van der Waals surface area contributed by atoms with E-state index in [0.29, 0.717) is 5.69 Å². The highest BCUT2D eigenvalue weighted by atomic mass is 16.6. The minimum atomic E-state index is -0.463. The molecule has 1 N–H and O–H groups in total. The van der Waals surface area contributed by atoms with E-state index in [1.54, 1.807) is 12.4 Å². The Bertz CT molecular complexity index is 1450. The van der Waals surface area contributed by atoms with Gasteiger partial charge < -0.3 is 5.32 Å². The van der Waals surface area contributed by atoms with Crippen LogP contribution in [-0.2, 0) is 0 Å². The molecule has 0 saturated heterocycles. The zero-order valence-corrected chi connectivity index (χ0v) is 18.2. The fourth-order valence-electron chi connectivity index (χ4n) is 3.50. The molecule has 0 aliphatic rings. The van der Waals surface area contributed by atoms with Crippen molar-refractivity contribution in [3.8, 4) is 28.5 Å². The Kier molecular flexibility index (Phi) is 5.49. The molecule has 9 nitrogen and oxygen atoms in total. The van der Waals surface area contributed by atoms with E-state index < -0.39 is 4.92 Å². The fourth-order valence-corrected chi connectivity index (χ4v) is 3.50. The van der Waals surface area contributed by atoms with E-state index in [-0.39, 0.29) is 11.5 Å². The summed E-state index contributed by atoms with van der Waals surface area (Å²) in [7, 11) is 0. The Morgan fingerprint density at radius 1 is 0.882 bits per heavy atom. The lowest BCUT2D eigenvalue weighted by Crippen LogP contribution is -2.00. The summed E-state index contributed by atoms with van der Waals surface area (Å²) in [5.74, 6) is 0.909. The predicted octanol–water partition coefficient (Wildman–Crippen LogP) is 5.35. The van der Waals surface area contributed by atoms with Crippen molar-refractivity contribution in [3.05, 3.63) is 107 Å². The van der Waals surface area contributed by atoms with Gasteiger partial charge in [-0.3, -0.25) is 24.6 Å². The third-order valence-corrected chi connectivity index (χ3v) is 5.20. The molecule has 1 aromatic carbocycles. The summed E-state index contributed by atoms with van der Waals surface area (Å²) >= 11 is 0. The third kappa shape index (κ3) is 4.22. The summed E-state index contributed by atoms with van der Waals surface area (Å²) in [6.07, 6.45) is 6.99. The molecule has 4 aromatic heterocycles. The Morgan fingerprint density at radius 3 is 2.41 bits per heavy atom. The van der Waals surface area contributed by atoms with Crippen LogP contribution < -0.4 is 5.32 Å². The zero-order chi connectivity index (χ0) is 23.5. The van der Waals surface area contributed by atoms with Crippen molar-refractivity contribution in [2.24, 2.45) is 0 Å². The predicted molar refractivity (Wildman–Crippen MR) is 129 cm³/mol. The molecule has 0 fully saturated rings. The van der Waals surface area contributed by atoms with Gasteiger partial charge in [0.25, 0.3) is 0 Å². The van der Waals surface area contributed by atoms with Crippen molar-refractivity contribution in [2.75, 3.05) is 5.32 Å². The van der Waals surface area contributed by atoms with Gasteiger partial charge in [0.05, 0.1) is 22.5 Å². The molecular weight excluding hydrogens is 430 g/mol. The average molecular weight is 449 g/mol. The van der Waals surface area contributed by atoms with E-state index >= 15 is 0 Å². The molecule has 166 valence electrons. The van der Waals surface area contributed by atoms with E-state index in [2.05, 4.69) is 20.3 Å². The molecular formula is C25H19N7O2. The largest absolute Gasteiger partial charge is 0.334 e. The second kappa shape index (κ2) is 8.91. The van der Waals surface area contributed by atoms with Crippen LogP contribution in [0.5, 0.6) is 0 Å². The number of benzene rings is 1. The summed E-state index contributed by atoms with van der Waals surface area (Å²) in [6.45, 7) is 1.94. The maximum Gasteiger partial charge on any atom is 0.311 e. The highest BCUT2D eigenvalue weighted by molar-refractivity contribution is 5.70. The van der Waals surface area contributed by atoms with Crippen LogP contribution in [0.25, 0.3) is 28.5 Å². The first-order valence-corrected chi connectivity index (χ1v) is 10.5.